The molecule has 6 heteroatoms. The molecule has 2 aromatic carbocycles. The predicted molar refractivity (Wildman–Crippen MR) is 142 cm³/mol. The minimum Gasteiger partial charge on any atom is -0.325 e. The zero-order chi connectivity index (χ0) is 24.3. The molecule has 0 bridgehead atoms. The van der Waals surface area contributed by atoms with Gasteiger partial charge in [-0.3, -0.25) is 9.36 Å². The Bertz CT molecular complexity index is 1120. The summed E-state index contributed by atoms with van der Waals surface area (Å²) < 4.78 is 2.29. The van der Waals surface area contributed by atoms with Crippen molar-refractivity contribution in [3.05, 3.63) is 59.2 Å². The van der Waals surface area contributed by atoms with Crippen LogP contribution in [0.4, 0.5) is 5.69 Å². The molecule has 0 saturated heterocycles. The third kappa shape index (κ3) is 5.90. The fourth-order valence-corrected chi connectivity index (χ4v) is 5.54. The summed E-state index contributed by atoms with van der Waals surface area (Å²) in [7, 11) is 0. The molecule has 180 valence electrons. The van der Waals surface area contributed by atoms with Gasteiger partial charge in [0, 0.05) is 17.3 Å². The monoisotopic (exact) mass is 476 g/mol. The van der Waals surface area contributed by atoms with Crippen LogP contribution in [0.25, 0.3) is 11.4 Å². The summed E-state index contributed by atoms with van der Waals surface area (Å²) in [6, 6.07) is 15.2. The Hall–Kier alpha value is -2.60. The average Bonchev–Trinajstić information content (AvgIpc) is 3.21. The standard InChI is InChI=1S/C28H36N4OS/c1-19-15-20(2)17-23(16-19)29-25(33)18-34-27-31-30-26(32(27)24-9-7-6-8-10-24)21-11-13-22(14-12-21)28(3,4)5/h11-17,24H,6-10,18H2,1-5H3,(H,29,33). The normalized spacial score (nSPS) is 14.9. The van der Waals surface area contributed by atoms with Gasteiger partial charge < -0.3 is 5.32 Å². The largest absolute Gasteiger partial charge is 0.325 e. The molecule has 0 unspecified atom stereocenters. The van der Waals surface area contributed by atoms with Crippen LogP contribution in [0, 0.1) is 13.8 Å². The molecule has 4 rings (SSSR count). The van der Waals surface area contributed by atoms with Gasteiger partial charge in [0.25, 0.3) is 0 Å². The van der Waals surface area contributed by atoms with Gasteiger partial charge in [-0.15, -0.1) is 10.2 Å². The Morgan fingerprint density at radius 3 is 2.26 bits per heavy atom. The Morgan fingerprint density at radius 2 is 1.65 bits per heavy atom. The number of nitrogens with one attached hydrogen (secondary N) is 1. The number of hydrogen-bond donors (Lipinski definition) is 1. The smallest absolute Gasteiger partial charge is 0.234 e. The third-order valence-corrected chi connectivity index (χ3v) is 7.39. The second-order valence-corrected chi connectivity index (χ2v) is 11.5. The number of aromatic nitrogens is 3. The number of anilines is 1. The number of carbonyl (C=O) groups excluding carboxylic acids is 1. The molecular formula is C28H36N4OS. The van der Waals surface area contributed by atoms with Crippen LogP contribution < -0.4 is 5.32 Å². The van der Waals surface area contributed by atoms with Crippen molar-refractivity contribution in [3.63, 3.8) is 0 Å². The molecule has 1 saturated carbocycles. The molecule has 5 nitrogen and oxygen atoms in total. The Morgan fingerprint density at radius 1 is 1.00 bits per heavy atom. The molecule has 1 fully saturated rings. The lowest BCUT2D eigenvalue weighted by Gasteiger charge is -2.26. The maximum Gasteiger partial charge on any atom is 0.234 e. The summed E-state index contributed by atoms with van der Waals surface area (Å²) in [6.45, 7) is 10.8. The van der Waals surface area contributed by atoms with Gasteiger partial charge in [-0.1, -0.05) is 82.1 Å². The molecule has 1 N–H and O–H groups in total. The number of benzene rings is 2. The summed E-state index contributed by atoms with van der Waals surface area (Å²) in [5.41, 5.74) is 5.62. The van der Waals surface area contributed by atoms with Crippen LogP contribution in [0.15, 0.2) is 47.6 Å². The van der Waals surface area contributed by atoms with Gasteiger partial charge in [-0.25, -0.2) is 0 Å². The molecule has 1 amide bonds. The van der Waals surface area contributed by atoms with Gasteiger partial charge >= 0.3 is 0 Å². The van der Waals surface area contributed by atoms with Crippen molar-refractivity contribution < 1.29 is 4.79 Å². The van der Waals surface area contributed by atoms with E-state index in [-0.39, 0.29) is 11.3 Å². The van der Waals surface area contributed by atoms with E-state index in [2.05, 4.69) is 71.2 Å². The zero-order valence-corrected chi connectivity index (χ0v) is 21.8. The molecule has 1 aliphatic carbocycles. The van der Waals surface area contributed by atoms with Crippen LogP contribution in [0.3, 0.4) is 0 Å². The molecule has 1 aliphatic rings. The van der Waals surface area contributed by atoms with Crippen molar-refractivity contribution in [2.75, 3.05) is 11.1 Å². The minimum atomic E-state index is -0.0238. The van der Waals surface area contributed by atoms with E-state index < -0.39 is 0 Å². The van der Waals surface area contributed by atoms with E-state index in [1.54, 1.807) is 0 Å². The molecule has 34 heavy (non-hydrogen) atoms. The zero-order valence-electron chi connectivity index (χ0n) is 21.0. The lowest BCUT2D eigenvalue weighted by atomic mass is 9.86. The molecule has 3 aromatic rings. The predicted octanol–water partition coefficient (Wildman–Crippen LogP) is 7.10. The molecular weight excluding hydrogens is 440 g/mol. The fraction of sp³-hybridized carbons (Fsp3) is 0.464. The molecule has 1 aromatic heterocycles. The number of amides is 1. The highest BCUT2D eigenvalue weighted by molar-refractivity contribution is 7.99. The number of hydrogen-bond acceptors (Lipinski definition) is 4. The van der Waals surface area contributed by atoms with E-state index in [4.69, 9.17) is 0 Å². The summed E-state index contributed by atoms with van der Waals surface area (Å²) >= 11 is 1.48. The third-order valence-electron chi connectivity index (χ3n) is 6.45. The number of nitrogens with zero attached hydrogens (tertiary/aromatic N) is 3. The van der Waals surface area contributed by atoms with Gasteiger partial charge in [-0.05, 0) is 60.9 Å². The number of rotatable bonds is 6. The maximum atomic E-state index is 12.7. The number of carbonyl (C=O) groups is 1. The van der Waals surface area contributed by atoms with E-state index in [0.29, 0.717) is 11.8 Å². The molecule has 0 aliphatic heterocycles. The molecule has 0 radical (unpaired) electrons. The highest BCUT2D eigenvalue weighted by Crippen LogP contribution is 2.36. The molecule has 1 heterocycles. The van der Waals surface area contributed by atoms with Crippen LogP contribution in [-0.2, 0) is 10.2 Å². The first kappa shape index (κ1) is 24.5. The first-order valence-corrected chi connectivity index (χ1v) is 13.3. The topological polar surface area (TPSA) is 59.8 Å². The quantitative estimate of drug-likeness (QED) is 0.386. The average molecular weight is 477 g/mol. The fourth-order valence-electron chi connectivity index (χ4n) is 4.73. The lowest BCUT2D eigenvalue weighted by molar-refractivity contribution is -0.113. The second-order valence-electron chi connectivity index (χ2n) is 10.5. The number of aryl methyl sites for hydroxylation is 2. The summed E-state index contributed by atoms with van der Waals surface area (Å²) in [4.78, 5) is 12.7. The van der Waals surface area contributed by atoms with Crippen LogP contribution in [0.2, 0.25) is 0 Å². The highest BCUT2D eigenvalue weighted by atomic mass is 32.2. The van der Waals surface area contributed by atoms with Gasteiger partial charge in [0.1, 0.15) is 0 Å². The first-order valence-electron chi connectivity index (χ1n) is 12.3. The van der Waals surface area contributed by atoms with E-state index in [9.17, 15) is 4.79 Å². The SMILES string of the molecule is Cc1cc(C)cc(NC(=O)CSc2nnc(-c3ccc(C(C)(C)C)cc3)n2C2CCCCC2)c1. The molecule has 0 atom stereocenters. The summed E-state index contributed by atoms with van der Waals surface area (Å²) in [5, 5.41) is 13.0. The first-order chi connectivity index (χ1) is 16.2. The van der Waals surface area contributed by atoms with Crippen molar-refractivity contribution in [2.45, 2.75) is 83.3 Å². The van der Waals surface area contributed by atoms with Crippen LogP contribution in [0.1, 0.15) is 75.6 Å². The lowest BCUT2D eigenvalue weighted by Crippen LogP contribution is -2.17. The maximum absolute atomic E-state index is 12.7. The van der Waals surface area contributed by atoms with E-state index in [1.807, 2.05) is 26.0 Å². The Balaban J connectivity index is 1.55. The van der Waals surface area contributed by atoms with Crippen LogP contribution in [-0.4, -0.2) is 26.4 Å². The molecule has 0 spiro atoms. The van der Waals surface area contributed by atoms with Gasteiger partial charge in [0.05, 0.1) is 5.75 Å². The van der Waals surface area contributed by atoms with Crippen LogP contribution >= 0.6 is 11.8 Å². The van der Waals surface area contributed by atoms with Crippen LogP contribution in [0.5, 0.6) is 0 Å². The van der Waals surface area contributed by atoms with Crippen molar-refractivity contribution in [1.29, 1.82) is 0 Å². The summed E-state index contributed by atoms with van der Waals surface area (Å²) in [5.74, 6) is 1.19. The Labute approximate surface area is 207 Å². The second kappa shape index (κ2) is 10.3. The van der Waals surface area contributed by atoms with Gasteiger partial charge in [0.15, 0.2) is 11.0 Å². The van der Waals surface area contributed by atoms with Crippen molar-refractivity contribution in [1.82, 2.24) is 14.8 Å². The van der Waals surface area contributed by atoms with Crippen molar-refractivity contribution in [3.8, 4) is 11.4 Å². The van der Waals surface area contributed by atoms with E-state index >= 15 is 0 Å². The minimum absolute atomic E-state index is 0.0238. The summed E-state index contributed by atoms with van der Waals surface area (Å²) in [6.07, 6.45) is 6.00. The Kier molecular flexibility index (Phi) is 7.46. The number of thioether (sulfide) groups is 1. The van der Waals surface area contributed by atoms with Crippen molar-refractivity contribution in [2.24, 2.45) is 0 Å². The van der Waals surface area contributed by atoms with E-state index in [0.717, 1.165) is 46.2 Å². The van der Waals surface area contributed by atoms with Crippen molar-refractivity contribution >= 4 is 23.4 Å². The highest BCUT2D eigenvalue weighted by Gasteiger charge is 2.25. The van der Waals surface area contributed by atoms with E-state index in [1.165, 1.54) is 36.6 Å². The van der Waals surface area contributed by atoms with Gasteiger partial charge in [-0.2, -0.15) is 0 Å². The van der Waals surface area contributed by atoms with Gasteiger partial charge in [0.2, 0.25) is 5.91 Å².